The quantitative estimate of drug-likeness (QED) is 0.717. The molecule has 1 rings (SSSR count). The van der Waals surface area contributed by atoms with Crippen LogP contribution in [0.1, 0.15) is 55.1 Å². The van der Waals surface area contributed by atoms with Crippen molar-refractivity contribution in [2.24, 2.45) is 0 Å². The largest absolute Gasteiger partial charge is 0.465 e. The third-order valence-electron chi connectivity index (χ3n) is 2.76. The van der Waals surface area contributed by atoms with E-state index < -0.39 is 0 Å². The summed E-state index contributed by atoms with van der Waals surface area (Å²) in [4.78, 5) is 15.9. The van der Waals surface area contributed by atoms with Crippen molar-refractivity contribution in [2.45, 2.75) is 39.0 Å². The van der Waals surface area contributed by atoms with E-state index in [1.165, 1.54) is 7.11 Å². The Morgan fingerprint density at radius 3 is 2.81 bits per heavy atom. The molecule has 0 bridgehead atoms. The minimum atomic E-state index is -0.294. The van der Waals surface area contributed by atoms with Gasteiger partial charge in [0.2, 0.25) is 0 Å². The molecule has 1 atom stereocenters. The highest BCUT2D eigenvalue weighted by Crippen LogP contribution is 2.25. The lowest BCUT2D eigenvalue weighted by Crippen LogP contribution is -2.11. The first-order valence-electron chi connectivity index (χ1n) is 5.77. The van der Waals surface area contributed by atoms with Crippen LogP contribution < -0.4 is 0 Å². The molecule has 0 fully saturated rings. The van der Waals surface area contributed by atoms with Crippen molar-refractivity contribution in [1.82, 2.24) is 4.98 Å². The highest BCUT2D eigenvalue weighted by molar-refractivity contribution is 5.90. The zero-order valence-corrected chi connectivity index (χ0v) is 10.2. The molecule has 0 aliphatic carbocycles. The lowest BCUT2D eigenvalue weighted by Gasteiger charge is -2.15. The molecule has 1 heterocycles. The van der Waals surface area contributed by atoms with Crippen LogP contribution in [0, 0.1) is 0 Å². The number of hydrogen-bond donors (Lipinski definition) is 0. The Morgan fingerprint density at radius 2 is 2.25 bits per heavy atom. The van der Waals surface area contributed by atoms with E-state index in [0.29, 0.717) is 11.5 Å². The van der Waals surface area contributed by atoms with Gasteiger partial charge in [0.15, 0.2) is 0 Å². The zero-order chi connectivity index (χ0) is 12.0. The van der Waals surface area contributed by atoms with E-state index in [1.54, 1.807) is 18.3 Å². The molecule has 0 aromatic carbocycles. The van der Waals surface area contributed by atoms with Crippen molar-refractivity contribution >= 4 is 5.97 Å². The average Bonchev–Trinajstić information content (AvgIpc) is 2.35. The Balaban J connectivity index is 3.05. The maximum absolute atomic E-state index is 11.6. The second kappa shape index (κ2) is 6.26. The molecule has 0 radical (unpaired) electrons. The lowest BCUT2D eigenvalue weighted by atomic mass is 9.93. The maximum atomic E-state index is 11.6. The van der Waals surface area contributed by atoms with Crippen LogP contribution in [0.25, 0.3) is 0 Å². The van der Waals surface area contributed by atoms with Crippen LogP contribution in [0.3, 0.4) is 0 Å². The first-order valence-corrected chi connectivity index (χ1v) is 5.77. The molecular weight excluding hydrogens is 202 g/mol. The fourth-order valence-electron chi connectivity index (χ4n) is 1.91. The van der Waals surface area contributed by atoms with Gasteiger partial charge in [-0.3, -0.25) is 4.98 Å². The third-order valence-corrected chi connectivity index (χ3v) is 2.76. The number of pyridine rings is 1. The summed E-state index contributed by atoms with van der Waals surface area (Å²) in [7, 11) is 1.40. The molecule has 16 heavy (non-hydrogen) atoms. The molecule has 0 amide bonds. The Bertz CT molecular complexity index is 350. The van der Waals surface area contributed by atoms with Crippen molar-refractivity contribution in [3.8, 4) is 0 Å². The summed E-state index contributed by atoms with van der Waals surface area (Å²) in [5, 5.41) is 0. The number of aromatic nitrogens is 1. The van der Waals surface area contributed by atoms with Crippen LogP contribution in [0.5, 0.6) is 0 Å². The van der Waals surface area contributed by atoms with Crippen molar-refractivity contribution in [3.05, 3.63) is 29.6 Å². The number of methoxy groups -OCH3 is 1. The molecule has 3 nitrogen and oxygen atoms in total. The fourth-order valence-corrected chi connectivity index (χ4v) is 1.91. The Hall–Kier alpha value is -1.38. The van der Waals surface area contributed by atoms with E-state index in [-0.39, 0.29) is 5.97 Å². The van der Waals surface area contributed by atoms with Crippen LogP contribution in [0.4, 0.5) is 0 Å². The van der Waals surface area contributed by atoms with Crippen LogP contribution >= 0.6 is 0 Å². The van der Waals surface area contributed by atoms with Crippen molar-refractivity contribution < 1.29 is 9.53 Å². The normalized spacial score (nSPS) is 12.2. The number of rotatable bonds is 5. The highest BCUT2D eigenvalue weighted by Gasteiger charge is 2.18. The van der Waals surface area contributed by atoms with E-state index in [2.05, 4.69) is 18.8 Å². The molecule has 0 aliphatic rings. The molecule has 0 aliphatic heterocycles. The summed E-state index contributed by atoms with van der Waals surface area (Å²) in [6, 6.07) is 3.56. The van der Waals surface area contributed by atoms with Gasteiger partial charge in [0.25, 0.3) is 0 Å². The monoisotopic (exact) mass is 221 g/mol. The van der Waals surface area contributed by atoms with Crippen LogP contribution in [-0.4, -0.2) is 18.1 Å². The second-order valence-corrected chi connectivity index (χ2v) is 3.82. The summed E-state index contributed by atoms with van der Waals surface area (Å²) >= 11 is 0. The standard InChI is InChI=1S/C13H19NO2/c1-4-7-10(5-2)12-11(13(15)16-3)8-6-9-14-12/h6,8-10H,4-5,7H2,1-3H3. The van der Waals surface area contributed by atoms with Gasteiger partial charge >= 0.3 is 5.97 Å². The molecule has 1 unspecified atom stereocenters. The van der Waals surface area contributed by atoms with Gasteiger partial charge in [0.1, 0.15) is 0 Å². The van der Waals surface area contributed by atoms with Crippen molar-refractivity contribution in [1.29, 1.82) is 0 Å². The third kappa shape index (κ3) is 2.81. The van der Waals surface area contributed by atoms with E-state index in [1.807, 2.05) is 0 Å². The predicted octanol–water partition coefficient (Wildman–Crippen LogP) is 3.16. The van der Waals surface area contributed by atoms with Gasteiger partial charge in [-0.1, -0.05) is 20.3 Å². The van der Waals surface area contributed by atoms with Crippen LogP contribution in [-0.2, 0) is 4.74 Å². The lowest BCUT2D eigenvalue weighted by molar-refractivity contribution is 0.0598. The van der Waals surface area contributed by atoms with Crippen LogP contribution in [0.15, 0.2) is 18.3 Å². The summed E-state index contributed by atoms with van der Waals surface area (Å²) in [5.41, 5.74) is 1.48. The number of esters is 1. The Kier molecular flexibility index (Phi) is 4.96. The summed E-state index contributed by atoms with van der Waals surface area (Å²) in [5.74, 6) is 0.0537. The molecule has 1 aromatic heterocycles. The smallest absolute Gasteiger partial charge is 0.339 e. The molecule has 0 N–H and O–H groups in total. The number of carbonyl (C=O) groups excluding carboxylic acids is 1. The Labute approximate surface area is 96.8 Å². The molecule has 3 heteroatoms. The molecular formula is C13H19NO2. The average molecular weight is 221 g/mol. The van der Waals surface area contributed by atoms with Gasteiger partial charge in [-0.05, 0) is 25.0 Å². The van der Waals surface area contributed by atoms with Gasteiger partial charge in [-0.2, -0.15) is 0 Å². The van der Waals surface area contributed by atoms with Gasteiger partial charge in [0.05, 0.1) is 18.4 Å². The van der Waals surface area contributed by atoms with Gasteiger partial charge in [0, 0.05) is 12.1 Å². The maximum Gasteiger partial charge on any atom is 0.339 e. The van der Waals surface area contributed by atoms with Crippen molar-refractivity contribution in [2.75, 3.05) is 7.11 Å². The number of nitrogens with zero attached hydrogens (tertiary/aromatic N) is 1. The molecule has 88 valence electrons. The second-order valence-electron chi connectivity index (χ2n) is 3.82. The van der Waals surface area contributed by atoms with Gasteiger partial charge in [-0.15, -0.1) is 0 Å². The van der Waals surface area contributed by atoms with E-state index in [4.69, 9.17) is 4.74 Å². The molecule has 0 spiro atoms. The van der Waals surface area contributed by atoms with Gasteiger partial charge in [-0.25, -0.2) is 4.79 Å². The first-order chi connectivity index (χ1) is 7.74. The SMILES string of the molecule is CCCC(CC)c1ncccc1C(=O)OC. The van der Waals surface area contributed by atoms with E-state index in [9.17, 15) is 4.79 Å². The van der Waals surface area contributed by atoms with E-state index in [0.717, 1.165) is 25.0 Å². The minimum Gasteiger partial charge on any atom is -0.465 e. The van der Waals surface area contributed by atoms with E-state index >= 15 is 0 Å². The summed E-state index contributed by atoms with van der Waals surface area (Å²) in [6.45, 7) is 4.26. The number of carbonyl (C=O) groups is 1. The summed E-state index contributed by atoms with van der Waals surface area (Å²) < 4.78 is 4.77. The topological polar surface area (TPSA) is 39.2 Å². The van der Waals surface area contributed by atoms with Crippen molar-refractivity contribution in [3.63, 3.8) is 0 Å². The van der Waals surface area contributed by atoms with Crippen LogP contribution in [0.2, 0.25) is 0 Å². The van der Waals surface area contributed by atoms with Gasteiger partial charge < -0.3 is 4.74 Å². The first kappa shape index (κ1) is 12.7. The number of ether oxygens (including phenoxy) is 1. The fraction of sp³-hybridized carbons (Fsp3) is 0.538. The predicted molar refractivity (Wildman–Crippen MR) is 63.5 cm³/mol. The summed E-state index contributed by atoms with van der Waals surface area (Å²) in [6.07, 6.45) is 4.88. The highest BCUT2D eigenvalue weighted by atomic mass is 16.5. The minimum absolute atomic E-state index is 0.294. The molecule has 0 saturated carbocycles. The zero-order valence-electron chi connectivity index (χ0n) is 10.2. The Morgan fingerprint density at radius 1 is 1.50 bits per heavy atom. The number of hydrogen-bond acceptors (Lipinski definition) is 3. The molecule has 1 aromatic rings. The molecule has 0 saturated heterocycles.